The van der Waals surface area contributed by atoms with Crippen molar-refractivity contribution in [3.05, 3.63) is 35.4 Å². The molecule has 0 aromatic heterocycles. The first-order chi connectivity index (χ1) is 6.63. The molecule has 3 nitrogen and oxygen atoms in total. The van der Waals surface area contributed by atoms with Crippen LogP contribution in [0.3, 0.4) is 0 Å². The minimum Gasteiger partial charge on any atom is -0.358 e. The molecular weight excluding hydrogens is 176 g/mol. The number of likely N-dealkylation sites (N-methyl/N-ethyl adjacent to an activating group) is 1. The van der Waals surface area contributed by atoms with Crippen LogP contribution in [0.4, 0.5) is 0 Å². The topological polar surface area (TPSA) is 55.1 Å². The third kappa shape index (κ3) is 2.85. The number of amides is 1. The number of aryl methyl sites for hydroxylation is 1. The summed E-state index contributed by atoms with van der Waals surface area (Å²) < 4.78 is 0. The monoisotopic (exact) mass is 192 g/mol. The Morgan fingerprint density at radius 3 is 2.86 bits per heavy atom. The van der Waals surface area contributed by atoms with E-state index >= 15 is 0 Å². The summed E-state index contributed by atoms with van der Waals surface area (Å²) in [5.41, 5.74) is 7.98. The Kier molecular flexibility index (Phi) is 3.65. The normalized spacial score (nSPS) is 12.2. The number of nitrogens with one attached hydrogen (secondary N) is 1. The minimum atomic E-state index is -0.457. The molecule has 1 atom stereocenters. The highest BCUT2D eigenvalue weighted by Gasteiger charge is 2.11. The second-order valence-corrected chi connectivity index (χ2v) is 3.41. The van der Waals surface area contributed by atoms with Crippen LogP contribution >= 0.6 is 0 Å². The average molecular weight is 192 g/mol. The summed E-state index contributed by atoms with van der Waals surface area (Å²) >= 11 is 0. The van der Waals surface area contributed by atoms with Gasteiger partial charge in [-0.3, -0.25) is 4.79 Å². The Balaban J connectivity index is 2.64. The van der Waals surface area contributed by atoms with Crippen molar-refractivity contribution in [1.29, 1.82) is 0 Å². The molecule has 3 N–H and O–H groups in total. The van der Waals surface area contributed by atoms with Crippen LogP contribution in [0.25, 0.3) is 0 Å². The quantitative estimate of drug-likeness (QED) is 0.737. The summed E-state index contributed by atoms with van der Waals surface area (Å²) in [6.45, 7) is 2.02. The molecule has 1 amide bonds. The zero-order chi connectivity index (χ0) is 10.6. The Morgan fingerprint density at radius 2 is 2.29 bits per heavy atom. The van der Waals surface area contributed by atoms with E-state index in [2.05, 4.69) is 5.32 Å². The van der Waals surface area contributed by atoms with Gasteiger partial charge in [-0.2, -0.15) is 0 Å². The summed E-state index contributed by atoms with van der Waals surface area (Å²) in [4.78, 5) is 11.2. The van der Waals surface area contributed by atoms with Crippen molar-refractivity contribution >= 4 is 5.91 Å². The molecule has 0 fully saturated rings. The standard InChI is InChI=1S/C11H16N2O/c1-8-4-3-5-9(6-8)7-10(12)11(14)13-2/h3-6,10H,7,12H2,1-2H3,(H,13,14)/t10-/m0/s1. The first kappa shape index (κ1) is 10.7. The lowest BCUT2D eigenvalue weighted by molar-refractivity contribution is -0.121. The van der Waals surface area contributed by atoms with E-state index in [1.165, 1.54) is 5.56 Å². The van der Waals surface area contributed by atoms with Crippen LogP contribution in [0.1, 0.15) is 11.1 Å². The van der Waals surface area contributed by atoms with Crippen molar-refractivity contribution in [2.45, 2.75) is 19.4 Å². The predicted octanol–water partition coefficient (Wildman–Crippen LogP) is 0.611. The van der Waals surface area contributed by atoms with Crippen molar-refractivity contribution < 1.29 is 4.79 Å². The lowest BCUT2D eigenvalue weighted by atomic mass is 10.0. The summed E-state index contributed by atoms with van der Waals surface area (Å²) in [6.07, 6.45) is 0.585. The first-order valence-electron chi connectivity index (χ1n) is 4.66. The van der Waals surface area contributed by atoms with Crippen LogP contribution in [-0.4, -0.2) is 19.0 Å². The molecule has 0 bridgehead atoms. The smallest absolute Gasteiger partial charge is 0.237 e. The van der Waals surface area contributed by atoms with Crippen LogP contribution in [0.15, 0.2) is 24.3 Å². The van der Waals surface area contributed by atoms with E-state index in [1.54, 1.807) is 7.05 Å². The van der Waals surface area contributed by atoms with Crippen molar-refractivity contribution in [2.24, 2.45) is 5.73 Å². The van der Waals surface area contributed by atoms with Gasteiger partial charge in [0.15, 0.2) is 0 Å². The molecule has 0 aliphatic carbocycles. The Hall–Kier alpha value is -1.35. The van der Waals surface area contributed by atoms with Gasteiger partial charge in [0.05, 0.1) is 6.04 Å². The fourth-order valence-corrected chi connectivity index (χ4v) is 1.37. The van der Waals surface area contributed by atoms with E-state index < -0.39 is 6.04 Å². The molecule has 0 aliphatic heterocycles. The molecule has 0 saturated carbocycles. The molecule has 76 valence electrons. The predicted molar refractivity (Wildman–Crippen MR) is 56.9 cm³/mol. The van der Waals surface area contributed by atoms with Crippen LogP contribution in [0.2, 0.25) is 0 Å². The van der Waals surface area contributed by atoms with Crippen LogP contribution in [0, 0.1) is 6.92 Å². The SMILES string of the molecule is CNC(=O)[C@@H](N)Cc1cccc(C)c1. The van der Waals surface area contributed by atoms with Crippen molar-refractivity contribution in [2.75, 3.05) is 7.05 Å². The van der Waals surface area contributed by atoms with Gasteiger partial charge in [-0.25, -0.2) is 0 Å². The van der Waals surface area contributed by atoms with E-state index in [0.717, 1.165) is 5.56 Å². The van der Waals surface area contributed by atoms with Gasteiger partial charge in [-0.15, -0.1) is 0 Å². The lowest BCUT2D eigenvalue weighted by Gasteiger charge is -2.10. The summed E-state index contributed by atoms with van der Waals surface area (Å²) in [6, 6.07) is 7.57. The van der Waals surface area contributed by atoms with Crippen LogP contribution in [0.5, 0.6) is 0 Å². The maximum absolute atomic E-state index is 11.2. The molecular formula is C11H16N2O. The van der Waals surface area contributed by atoms with Crippen LogP contribution < -0.4 is 11.1 Å². The molecule has 1 rings (SSSR count). The van der Waals surface area contributed by atoms with Gasteiger partial charge in [0, 0.05) is 7.05 Å². The van der Waals surface area contributed by atoms with E-state index in [-0.39, 0.29) is 5.91 Å². The van der Waals surface area contributed by atoms with Gasteiger partial charge in [-0.1, -0.05) is 29.8 Å². The highest BCUT2D eigenvalue weighted by Crippen LogP contribution is 2.05. The summed E-state index contributed by atoms with van der Waals surface area (Å²) in [5, 5.41) is 2.54. The Labute approximate surface area is 84.3 Å². The molecule has 1 aromatic rings. The van der Waals surface area contributed by atoms with E-state index in [1.807, 2.05) is 31.2 Å². The number of hydrogen-bond acceptors (Lipinski definition) is 2. The summed E-state index contributed by atoms with van der Waals surface area (Å²) in [7, 11) is 1.60. The molecule has 0 aliphatic rings. The average Bonchev–Trinajstić information content (AvgIpc) is 2.16. The molecule has 0 radical (unpaired) electrons. The maximum Gasteiger partial charge on any atom is 0.237 e. The molecule has 3 heteroatoms. The number of carbonyl (C=O) groups excluding carboxylic acids is 1. The van der Waals surface area contributed by atoms with Crippen LogP contribution in [-0.2, 0) is 11.2 Å². The third-order valence-electron chi connectivity index (χ3n) is 2.12. The van der Waals surface area contributed by atoms with Gasteiger partial charge in [0.2, 0.25) is 5.91 Å². The minimum absolute atomic E-state index is 0.119. The molecule has 0 saturated heterocycles. The van der Waals surface area contributed by atoms with E-state index in [0.29, 0.717) is 6.42 Å². The maximum atomic E-state index is 11.2. The Morgan fingerprint density at radius 1 is 1.57 bits per heavy atom. The van der Waals surface area contributed by atoms with E-state index in [9.17, 15) is 4.79 Å². The molecule has 0 spiro atoms. The second-order valence-electron chi connectivity index (χ2n) is 3.41. The summed E-state index contributed by atoms with van der Waals surface area (Å²) in [5.74, 6) is -0.119. The lowest BCUT2D eigenvalue weighted by Crippen LogP contribution is -2.40. The fraction of sp³-hybridized carbons (Fsp3) is 0.364. The van der Waals surface area contributed by atoms with Gasteiger partial charge in [-0.05, 0) is 18.9 Å². The van der Waals surface area contributed by atoms with Gasteiger partial charge in [0.25, 0.3) is 0 Å². The van der Waals surface area contributed by atoms with Gasteiger partial charge < -0.3 is 11.1 Å². The zero-order valence-corrected chi connectivity index (χ0v) is 8.58. The molecule has 1 aromatic carbocycles. The number of nitrogens with two attached hydrogens (primary N) is 1. The zero-order valence-electron chi connectivity index (χ0n) is 8.58. The fourth-order valence-electron chi connectivity index (χ4n) is 1.37. The number of benzene rings is 1. The number of rotatable bonds is 3. The number of hydrogen-bond donors (Lipinski definition) is 2. The first-order valence-corrected chi connectivity index (χ1v) is 4.66. The third-order valence-corrected chi connectivity index (χ3v) is 2.12. The second kappa shape index (κ2) is 4.77. The number of carbonyl (C=O) groups is 1. The van der Waals surface area contributed by atoms with Crippen molar-refractivity contribution in [3.8, 4) is 0 Å². The largest absolute Gasteiger partial charge is 0.358 e. The molecule has 14 heavy (non-hydrogen) atoms. The highest BCUT2D eigenvalue weighted by atomic mass is 16.2. The van der Waals surface area contributed by atoms with Crippen molar-refractivity contribution in [1.82, 2.24) is 5.32 Å². The van der Waals surface area contributed by atoms with Gasteiger partial charge >= 0.3 is 0 Å². The molecule has 0 unspecified atom stereocenters. The highest BCUT2D eigenvalue weighted by molar-refractivity contribution is 5.81. The van der Waals surface area contributed by atoms with Gasteiger partial charge in [0.1, 0.15) is 0 Å². The molecule has 0 heterocycles. The van der Waals surface area contributed by atoms with Crippen molar-refractivity contribution in [3.63, 3.8) is 0 Å². The van der Waals surface area contributed by atoms with E-state index in [4.69, 9.17) is 5.73 Å². The Bertz CT molecular complexity index is 323.